The summed E-state index contributed by atoms with van der Waals surface area (Å²) in [5.74, 6) is -0.391. The molecule has 0 fully saturated rings. The number of benzene rings is 2. The molecule has 0 aliphatic rings. The third-order valence-corrected chi connectivity index (χ3v) is 4.89. The van der Waals surface area contributed by atoms with Crippen LogP contribution in [0.3, 0.4) is 0 Å². The summed E-state index contributed by atoms with van der Waals surface area (Å²) in [5.41, 5.74) is 0.575. The van der Waals surface area contributed by atoms with Crippen molar-refractivity contribution < 1.29 is 12.8 Å². The molecule has 0 amide bonds. The summed E-state index contributed by atoms with van der Waals surface area (Å²) in [6.45, 7) is 1.67. The SMILES string of the molecule is CC(NS(=O)(=O)c1ccc(Br)cc1)c1cccc(F)c1. The molecule has 0 aliphatic carbocycles. The molecular weight excluding hydrogens is 345 g/mol. The van der Waals surface area contributed by atoms with Crippen molar-refractivity contribution in [2.75, 3.05) is 0 Å². The van der Waals surface area contributed by atoms with E-state index < -0.39 is 21.9 Å². The van der Waals surface area contributed by atoms with Crippen molar-refractivity contribution in [3.8, 4) is 0 Å². The maximum absolute atomic E-state index is 13.1. The van der Waals surface area contributed by atoms with Crippen LogP contribution in [0.25, 0.3) is 0 Å². The Kier molecular flexibility index (Phi) is 4.57. The van der Waals surface area contributed by atoms with E-state index >= 15 is 0 Å². The quantitative estimate of drug-likeness (QED) is 0.907. The van der Waals surface area contributed by atoms with Gasteiger partial charge >= 0.3 is 0 Å². The molecule has 0 saturated heterocycles. The monoisotopic (exact) mass is 357 g/mol. The van der Waals surface area contributed by atoms with Gasteiger partial charge in [0.1, 0.15) is 5.82 Å². The van der Waals surface area contributed by atoms with Gasteiger partial charge in [0, 0.05) is 10.5 Å². The first-order valence-electron chi connectivity index (χ1n) is 5.92. The first kappa shape index (κ1) is 15.2. The maximum Gasteiger partial charge on any atom is 0.241 e. The van der Waals surface area contributed by atoms with Crippen LogP contribution in [0, 0.1) is 5.82 Å². The molecule has 3 nitrogen and oxygen atoms in total. The molecule has 6 heteroatoms. The second kappa shape index (κ2) is 6.03. The minimum atomic E-state index is -3.63. The van der Waals surface area contributed by atoms with Gasteiger partial charge in [0.2, 0.25) is 10.0 Å². The normalized spacial score (nSPS) is 13.2. The first-order chi connectivity index (χ1) is 9.38. The smallest absolute Gasteiger partial charge is 0.207 e. The number of hydrogen-bond acceptors (Lipinski definition) is 2. The topological polar surface area (TPSA) is 46.2 Å². The Morgan fingerprint density at radius 3 is 2.40 bits per heavy atom. The lowest BCUT2D eigenvalue weighted by molar-refractivity contribution is 0.564. The van der Waals surface area contributed by atoms with Crippen LogP contribution in [0.2, 0.25) is 0 Å². The van der Waals surface area contributed by atoms with E-state index in [-0.39, 0.29) is 4.90 Å². The van der Waals surface area contributed by atoms with Gasteiger partial charge in [0.25, 0.3) is 0 Å². The van der Waals surface area contributed by atoms with Crippen molar-refractivity contribution in [2.45, 2.75) is 17.9 Å². The summed E-state index contributed by atoms with van der Waals surface area (Å²) in [4.78, 5) is 0.170. The van der Waals surface area contributed by atoms with Crippen LogP contribution in [-0.4, -0.2) is 8.42 Å². The molecule has 0 heterocycles. The second-order valence-electron chi connectivity index (χ2n) is 4.35. The Morgan fingerprint density at radius 2 is 1.80 bits per heavy atom. The minimum Gasteiger partial charge on any atom is -0.207 e. The highest BCUT2D eigenvalue weighted by atomic mass is 79.9. The van der Waals surface area contributed by atoms with Crippen molar-refractivity contribution in [3.05, 3.63) is 64.4 Å². The minimum absolute atomic E-state index is 0.170. The zero-order chi connectivity index (χ0) is 14.8. The fourth-order valence-electron chi connectivity index (χ4n) is 1.76. The van der Waals surface area contributed by atoms with Gasteiger partial charge < -0.3 is 0 Å². The first-order valence-corrected chi connectivity index (χ1v) is 8.19. The Balaban J connectivity index is 2.22. The zero-order valence-corrected chi connectivity index (χ0v) is 13.1. The third-order valence-electron chi connectivity index (χ3n) is 2.80. The molecule has 1 N–H and O–H groups in total. The summed E-state index contributed by atoms with van der Waals surface area (Å²) >= 11 is 3.25. The molecule has 2 aromatic rings. The average Bonchev–Trinajstić information content (AvgIpc) is 2.38. The van der Waals surface area contributed by atoms with Gasteiger partial charge in [0.05, 0.1) is 4.90 Å². The van der Waals surface area contributed by atoms with Crippen molar-refractivity contribution in [2.24, 2.45) is 0 Å². The van der Waals surface area contributed by atoms with Gasteiger partial charge in [-0.3, -0.25) is 0 Å². The van der Waals surface area contributed by atoms with E-state index in [0.717, 1.165) is 4.47 Å². The summed E-state index contributed by atoms with van der Waals surface area (Å²) in [6, 6.07) is 11.7. The number of nitrogens with one attached hydrogen (secondary N) is 1. The van der Waals surface area contributed by atoms with E-state index in [4.69, 9.17) is 0 Å². The van der Waals surface area contributed by atoms with Crippen LogP contribution in [0.4, 0.5) is 4.39 Å². The molecule has 2 aromatic carbocycles. The largest absolute Gasteiger partial charge is 0.241 e. The number of halogens is 2. The van der Waals surface area contributed by atoms with E-state index in [1.54, 1.807) is 31.2 Å². The molecule has 2 rings (SSSR count). The van der Waals surface area contributed by atoms with Crippen molar-refractivity contribution in [1.29, 1.82) is 0 Å². The predicted molar refractivity (Wildman–Crippen MR) is 79.3 cm³/mol. The lowest BCUT2D eigenvalue weighted by Gasteiger charge is -2.14. The summed E-state index contributed by atoms with van der Waals surface area (Å²) in [7, 11) is -3.63. The summed E-state index contributed by atoms with van der Waals surface area (Å²) in [6.07, 6.45) is 0. The molecule has 20 heavy (non-hydrogen) atoms. The molecule has 106 valence electrons. The summed E-state index contributed by atoms with van der Waals surface area (Å²) in [5, 5.41) is 0. The molecular formula is C14H13BrFNO2S. The van der Waals surface area contributed by atoms with Gasteiger partial charge in [-0.1, -0.05) is 28.1 Å². The second-order valence-corrected chi connectivity index (χ2v) is 6.98. The zero-order valence-electron chi connectivity index (χ0n) is 10.7. The van der Waals surface area contributed by atoms with Gasteiger partial charge in [-0.2, -0.15) is 0 Å². The van der Waals surface area contributed by atoms with Crippen LogP contribution in [0.5, 0.6) is 0 Å². The Hall–Kier alpha value is -1.24. The van der Waals surface area contributed by atoms with Gasteiger partial charge in [-0.25, -0.2) is 17.5 Å². The molecule has 0 spiro atoms. The van der Waals surface area contributed by atoms with Crippen molar-refractivity contribution >= 4 is 26.0 Å². The fourth-order valence-corrected chi connectivity index (χ4v) is 3.25. The van der Waals surface area contributed by atoms with Gasteiger partial charge in [0.15, 0.2) is 0 Å². The number of hydrogen-bond donors (Lipinski definition) is 1. The van der Waals surface area contributed by atoms with Crippen molar-refractivity contribution in [3.63, 3.8) is 0 Å². The Bertz CT molecular complexity index is 701. The van der Waals surface area contributed by atoms with Gasteiger partial charge in [-0.15, -0.1) is 0 Å². The average molecular weight is 358 g/mol. The van der Waals surface area contributed by atoms with Gasteiger partial charge in [-0.05, 0) is 48.9 Å². The fraction of sp³-hybridized carbons (Fsp3) is 0.143. The van der Waals surface area contributed by atoms with Crippen LogP contribution in [-0.2, 0) is 10.0 Å². The highest BCUT2D eigenvalue weighted by Gasteiger charge is 2.18. The molecule has 1 unspecified atom stereocenters. The van der Waals surface area contributed by atoms with Crippen LogP contribution < -0.4 is 4.72 Å². The van der Waals surface area contributed by atoms with E-state index in [2.05, 4.69) is 20.7 Å². The number of rotatable bonds is 4. The van der Waals surface area contributed by atoms with E-state index in [1.165, 1.54) is 24.3 Å². The molecule has 1 atom stereocenters. The lowest BCUT2D eigenvalue weighted by Crippen LogP contribution is -2.26. The van der Waals surface area contributed by atoms with E-state index in [0.29, 0.717) is 5.56 Å². The highest BCUT2D eigenvalue weighted by molar-refractivity contribution is 9.10. The molecule has 0 radical (unpaired) electrons. The molecule has 0 aromatic heterocycles. The highest BCUT2D eigenvalue weighted by Crippen LogP contribution is 2.19. The number of sulfonamides is 1. The van der Waals surface area contributed by atoms with E-state index in [1.807, 2.05) is 0 Å². The standard InChI is InChI=1S/C14H13BrFNO2S/c1-10(11-3-2-4-13(16)9-11)17-20(18,19)14-7-5-12(15)6-8-14/h2-10,17H,1H3. The molecule has 0 aliphatic heterocycles. The Labute approximate surface area is 126 Å². The van der Waals surface area contributed by atoms with E-state index in [9.17, 15) is 12.8 Å². The lowest BCUT2D eigenvalue weighted by atomic mass is 10.1. The summed E-state index contributed by atoms with van der Waals surface area (Å²) < 4.78 is 40.9. The third kappa shape index (κ3) is 3.65. The Morgan fingerprint density at radius 1 is 1.15 bits per heavy atom. The predicted octanol–water partition coefficient (Wildman–Crippen LogP) is 3.63. The van der Waals surface area contributed by atoms with Crippen LogP contribution in [0.1, 0.15) is 18.5 Å². The molecule has 0 saturated carbocycles. The van der Waals surface area contributed by atoms with Crippen LogP contribution >= 0.6 is 15.9 Å². The van der Waals surface area contributed by atoms with Crippen LogP contribution in [0.15, 0.2) is 57.9 Å². The van der Waals surface area contributed by atoms with Crippen molar-refractivity contribution in [1.82, 2.24) is 4.72 Å². The maximum atomic E-state index is 13.1. The molecule has 0 bridgehead atoms.